The number of carbonyl (C=O) groups is 1. The number of carbonyl (C=O) groups excluding carboxylic acids is 1. The van der Waals surface area contributed by atoms with Crippen LogP contribution in [0.25, 0.3) is 0 Å². The molecule has 0 saturated carbocycles. The molecule has 5 nitrogen and oxygen atoms in total. The molecule has 26 heavy (non-hydrogen) atoms. The summed E-state index contributed by atoms with van der Waals surface area (Å²) in [6.07, 6.45) is 0. The number of anilines is 2. The van der Waals surface area contributed by atoms with Gasteiger partial charge < -0.3 is 10.4 Å². The Morgan fingerprint density at radius 1 is 1.35 bits per heavy atom. The SMILES string of the molecule is CC(C)(CO)ONC(=O)c1cc(Br)c(F)cc1Nc1ccc(I)cc1Cl. The Kier molecular flexibility index (Phi) is 7.26. The van der Waals surface area contributed by atoms with Crippen LogP contribution in [0.4, 0.5) is 15.8 Å². The predicted molar refractivity (Wildman–Crippen MR) is 111 cm³/mol. The lowest BCUT2D eigenvalue weighted by molar-refractivity contribution is -0.0956. The van der Waals surface area contributed by atoms with E-state index in [0.717, 1.165) is 3.57 Å². The minimum Gasteiger partial charge on any atom is -0.393 e. The molecular weight excluding hydrogens is 541 g/mol. The molecule has 0 saturated heterocycles. The Morgan fingerprint density at radius 2 is 2.04 bits per heavy atom. The molecule has 2 aromatic rings. The standard InChI is InChI=1S/C17H16BrClFIN2O3/c1-17(2,8-24)26-23-16(25)10-6-11(18)13(20)7-15(10)22-14-4-3-9(21)5-12(14)19/h3-7,22,24H,8H2,1-2H3,(H,23,25). The summed E-state index contributed by atoms with van der Waals surface area (Å²) >= 11 is 11.4. The second-order valence-corrected chi connectivity index (χ2v) is 8.52. The summed E-state index contributed by atoms with van der Waals surface area (Å²) in [5.74, 6) is -1.14. The van der Waals surface area contributed by atoms with Gasteiger partial charge in [0, 0.05) is 3.57 Å². The van der Waals surface area contributed by atoms with E-state index in [1.807, 2.05) is 6.07 Å². The van der Waals surface area contributed by atoms with Crippen molar-refractivity contribution in [2.24, 2.45) is 0 Å². The zero-order chi connectivity index (χ0) is 19.5. The van der Waals surface area contributed by atoms with Crippen molar-refractivity contribution < 1.29 is 19.1 Å². The molecule has 140 valence electrons. The molecule has 1 amide bonds. The molecule has 0 aliphatic heterocycles. The molecule has 0 fully saturated rings. The van der Waals surface area contributed by atoms with Gasteiger partial charge >= 0.3 is 0 Å². The van der Waals surface area contributed by atoms with Crippen LogP contribution in [0.1, 0.15) is 24.2 Å². The van der Waals surface area contributed by atoms with Crippen LogP contribution in [-0.2, 0) is 4.84 Å². The van der Waals surface area contributed by atoms with Crippen molar-refractivity contribution in [1.82, 2.24) is 5.48 Å². The molecule has 0 bridgehead atoms. The quantitative estimate of drug-likeness (QED) is 0.345. The number of hydrogen-bond acceptors (Lipinski definition) is 4. The van der Waals surface area contributed by atoms with Crippen LogP contribution < -0.4 is 10.8 Å². The summed E-state index contributed by atoms with van der Waals surface area (Å²) in [5.41, 5.74) is 2.20. The summed E-state index contributed by atoms with van der Waals surface area (Å²) in [6, 6.07) is 7.83. The third-order valence-electron chi connectivity index (χ3n) is 3.31. The van der Waals surface area contributed by atoms with Gasteiger partial charge in [0.1, 0.15) is 11.4 Å². The molecule has 0 spiro atoms. The molecule has 0 unspecified atom stereocenters. The smallest absolute Gasteiger partial charge is 0.277 e. The molecule has 0 aliphatic carbocycles. The summed E-state index contributed by atoms with van der Waals surface area (Å²) < 4.78 is 15.1. The van der Waals surface area contributed by atoms with Crippen LogP contribution in [0.2, 0.25) is 5.02 Å². The number of aliphatic hydroxyl groups excluding tert-OH is 1. The normalized spacial score (nSPS) is 11.3. The van der Waals surface area contributed by atoms with Gasteiger partial charge in [-0.3, -0.25) is 9.63 Å². The van der Waals surface area contributed by atoms with Gasteiger partial charge in [0.25, 0.3) is 5.91 Å². The number of hydroxylamine groups is 1. The van der Waals surface area contributed by atoms with Crippen LogP contribution in [0.3, 0.4) is 0 Å². The van der Waals surface area contributed by atoms with Gasteiger partial charge in [0.15, 0.2) is 0 Å². The fourth-order valence-electron chi connectivity index (χ4n) is 1.85. The van der Waals surface area contributed by atoms with Crippen molar-refractivity contribution >= 4 is 67.4 Å². The third-order valence-corrected chi connectivity index (χ3v) is 4.90. The van der Waals surface area contributed by atoms with Gasteiger partial charge in [-0.25, -0.2) is 9.87 Å². The first kappa shape index (κ1) is 21.4. The van der Waals surface area contributed by atoms with E-state index in [0.29, 0.717) is 10.7 Å². The van der Waals surface area contributed by atoms with Crippen LogP contribution in [0.5, 0.6) is 0 Å². The van der Waals surface area contributed by atoms with E-state index < -0.39 is 17.3 Å². The van der Waals surface area contributed by atoms with Crippen molar-refractivity contribution in [3.05, 3.63) is 54.8 Å². The van der Waals surface area contributed by atoms with Crippen molar-refractivity contribution in [2.45, 2.75) is 19.4 Å². The maximum Gasteiger partial charge on any atom is 0.277 e. The lowest BCUT2D eigenvalue weighted by atomic mass is 10.1. The summed E-state index contributed by atoms with van der Waals surface area (Å²) in [6.45, 7) is 2.93. The van der Waals surface area contributed by atoms with E-state index in [-0.39, 0.29) is 22.3 Å². The van der Waals surface area contributed by atoms with E-state index in [1.165, 1.54) is 12.1 Å². The van der Waals surface area contributed by atoms with Crippen molar-refractivity contribution in [1.29, 1.82) is 0 Å². The van der Waals surface area contributed by atoms with Crippen molar-refractivity contribution in [3.8, 4) is 0 Å². The minimum absolute atomic E-state index is 0.128. The average molecular weight is 558 g/mol. The molecule has 0 aliphatic rings. The molecule has 0 atom stereocenters. The maximum atomic E-state index is 14.0. The van der Waals surface area contributed by atoms with E-state index >= 15 is 0 Å². The number of hydrogen-bond donors (Lipinski definition) is 3. The monoisotopic (exact) mass is 556 g/mol. The lowest BCUT2D eigenvalue weighted by Crippen LogP contribution is -2.38. The number of rotatable bonds is 6. The molecule has 0 radical (unpaired) electrons. The molecule has 0 heterocycles. The van der Waals surface area contributed by atoms with Crippen molar-refractivity contribution in [3.63, 3.8) is 0 Å². The zero-order valence-electron chi connectivity index (χ0n) is 13.9. The minimum atomic E-state index is -0.958. The fourth-order valence-corrected chi connectivity index (χ4v) is 3.09. The Labute approximate surface area is 177 Å². The molecular formula is C17H16BrClFIN2O3. The van der Waals surface area contributed by atoms with Gasteiger partial charge in [-0.05, 0) is 82.7 Å². The highest BCUT2D eigenvalue weighted by atomic mass is 127. The number of aliphatic hydroxyl groups is 1. The maximum absolute atomic E-state index is 14.0. The van der Waals surface area contributed by atoms with E-state index in [1.54, 1.807) is 26.0 Å². The highest BCUT2D eigenvalue weighted by Crippen LogP contribution is 2.31. The van der Waals surface area contributed by atoms with E-state index in [2.05, 4.69) is 49.3 Å². The summed E-state index contributed by atoms with van der Waals surface area (Å²) in [5, 5.41) is 12.6. The molecule has 2 aromatic carbocycles. The van der Waals surface area contributed by atoms with Gasteiger partial charge in [-0.15, -0.1) is 0 Å². The highest BCUT2D eigenvalue weighted by molar-refractivity contribution is 14.1. The van der Waals surface area contributed by atoms with Crippen LogP contribution >= 0.6 is 50.1 Å². The van der Waals surface area contributed by atoms with E-state index in [4.69, 9.17) is 16.4 Å². The Bertz CT molecular complexity index is 836. The average Bonchev–Trinajstić information content (AvgIpc) is 2.58. The zero-order valence-corrected chi connectivity index (χ0v) is 18.4. The molecule has 0 aromatic heterocycles. The third kappa shape index (κ3) is 5.53. The van der Waals surface area contributed by atoms with E-state index in [9.17, 15) is 14.3 Å². The van der Waals surface area contributed by atoms with Crippen LogP contribution in [-0.4, -0.2) is 23.2 Å². The fraction of sp³-hybridized carbons (Fsp3) is 0.235. The van der Waals surface area contributed by atoms with Gasteiger partial charge in [-0.1, -0.05) is 11.6 Å². The van der Waals surface area contributed by atoms with Gasteiger partial charge in [-0.2, -0.15) is 0 Å². The Hall–Kier alpha value is -0.940. The number of nitrogens with one attached hydrogen (secondary N) is 2. The summed E-state index contributed by atoms with van der Waals surface area (Å²) in [4.78, 5) is 17.7. The largest absolute Gasteiger partial charge is 0.393 e. The second-order valence-electron chi connectivity index (χ2n) is 6.01. The Morgan fingerprint density at radius 3 is 2.65 bits per heavy atom. The summed E-state index contributed by atoms with van der Waals surface area (Å²) in [7, 11) is 0. The Balaban J connectivity index is 2.33. The second kappa shape index (κ2) is 8.83. The molecule has 2 rings (SSSR count). The van der Waals surface area contributed by atoms with Crippen LogP contribution in [0, 0.1) is 9.39 Å². The number of benzene rings is 2. The van der Waals surface area contributed by atoms with Gasteiger partial charge in [0.2, 0.25) is 0 Å². The lowest BCUT2D eigenvalue weighted by Gasteiger charge is -2.22. The van der Waals surface area contributed by atoms with Crippen LogP contribution in [0.15, 0.2) is 34.8 Å². The number of halogens is 4. The first-order valence-electron chi connectivity index (χ1n) is 7.43. The predicted octanol–water partition coefficient (Wildman–Crippen LogP) is 5.02. The first-order valence-corrected chi connectivity index (χ1v) is 9.68. The first-order chi connectivity index (χ1) is 12.1. The molecule has 9 heteroatoms. The topological polar surface area (TPSA) is 70.6 Å². The molecule has 3 N–H and O–H groups in total. The van der Waals surface area contributed by atoms with Gasteiger partial charge in [0.05, 0.1) is 33.0 Å². The van der Waals surface area contributed by atoms with Crippen molar-refractivity contribution in [2.75, 3.05) is 11.9 Å². The highest BCUT2D eigenvalue weighted by Gasteiger charge is 2.22. The number of amides is 1.